The minimum absolute atomic E-state index is 0.168. The summed E-state index contributed by atoms with van der Waals surface area (Å²) in [6.45, 7) is 19.4. The van der Waals surface area contributed by atoms with Gasteiger partial charge in [-0.25, -0.2) is 4.79 Å². The van der Waals surface area contributed by atoms with Crippen LogP contribution in [0, 0.1) is 53.3 Å². The molecule has 1 spiro atoms. The molecular formula is C46H76O11. The highest BCUT2D eigenvalue weighted by atomic mass is 16.7. The van der Waals surface area contributed by atoms with E-state index >= 15 is 0 Å². The van der Waals surface area contributed by atoms with Gasteiger partial charge in [0.05, 0.1) is 36.6 Å². The predicted molar refractivity (Wildman–Crippen MR) is 220 cm³/mol. The lowest BCUT2D eigenvalue weighted by Gasteiger charge is -2.55. The number of rotatable bonds is 4. The maximum absolute atomic E-state index is 13.6. The first-order valence-electron chi connectivity index (χ1n) is 21.7. The average Bonchev–Trinajstić information content (AvgIpc) is 3.19. The van der Waals surface area contributed by atoms with Crippen LogP contribution < -0.4 is 0 Å². The van der Waals surface area contributed by atoms with Crippen molar-refractivity contribution in [2.24, 2.45) is 53.3 Å². The Balaban J connectivity index is 1.99. The van der Waals surface area contributed by atoms with Crippen molar-refractivity contribution in [3.63, 3.8) is 0 Å². The molecule has 11 heteroatoms. The molecule has 11 nitrogen and oxygen atoms in total. The van der Waals surface area contributed by atoms with E-state index in [1.807, 2.05) is 39.0 Å². The fraction of sp³-hybridized carbons (Fsp3) is 0.804. The third kappa shape index (κ3) is 12.0. The largest absolute Gasteiger partial charge is 0.458 e. The summed E-state index contributed by atoms with van der Waals surface area (Å²) in [5.74, 6) is -7.28. The Morgan fingerprint density at radius 2 is 1.47 bits per heavy atom. The molecule has 0 aromatic carbocycles. The maximum Gasteiger partial charge on any atom is 0.330 e. The van der Waals surface area contributed by atoms with Gasteiger partial charge in [0.1, 0.15) is 17.5 Å². The SMILES string of the molecule is CC[C@H](O)C[C@H]1O[C@@]2(CC[C@H]1C)O[C@@H]1CC[C@@H](CC)/C=C\C=C/C[C@H](C)[C@@H](O)[C@](C)(O)C(=O)[C@H](C)[C@@H](O)[C@H](C)C(=O)[C@H](C)[C@@H](O)[C@H](C)/C=C\C(=O)O[C@@H]([C@H]1C)[C@H]2C. The van der Waals surface area contributed by atoms with Gasteiger partial charge in [-0.1, -0.05) is 99.6 Å². The number of carbonyl (C=O) groups excluding carboxylic acids is 3. The summed E-state index contributed by atoms with van der Waals surface area (Å²) < 4.78 is 20.1. The number of allylic oxidation sites excluding steroid dienone is 4. The molecule has 3 rings (SSSR count). The Morgan fingerprint density at radius 3 is 2.11 bits per heavy atom. The van der Waals surface area contributed by atoms with Crippen molar-refractivity contribution in [3.05, 3.63) is 36.5 Å². The van der Waals surface area contributed by atoms with Gasteiger partial charge in [-0.15, -0.1) is 0 Å². The van der Waals surface area contributed by atoms with Crippen LogP contribution in [0.2, 0.25) is 0 Å². The number of ketones is 2. The lowest BCUT2D eigenvalue weighted by atomic mass is 9.74. The van der Waals surface area contributed by atoms with Gasteiger partial charge >= 0.3 is 5.97 Å². The second-order valence-electron chi connectivity index (χ2n) is 18.2. The highest BCUT2D eigenvalue weighted by Crippen LogP contribution is 2.49. The van der Waals surface area contributed by atoms with Gasteiger partial charge in [-0.05, 0) is 69.6 Å². The average molecular weight is 805 g/mol. The molecule has 0 radical (unpaired) electrons. The van der Waals surface area contributed by atoms with Gasteiger partial charge in [0.25, 0.3) is 0 Å². The Bertz CT molecular complexity index is 1410. The third-order valence-corrected chi connectivity index (χ3v) is 13.8. The van der Waals surface area contributed by atoms with Crippen LogP contribution in [0.3, 0.4) is 0 Å². The summed E-state index contributed by atoms with van der Waals surface area (Å²) in [6, 6.07) is 0. The Morgan fingerprint density at radius 1 is 0.825 bits per heavy atom. The van der Waals surface area contributed by atoms with Crippen LogP contribution >= 0.6 is 0 Å². The zero-order valence-corrected chi connectivity index (χ0v) is 36.5. The first-order valence-corrected chi connectivity index (χ1v) is 21.7. The van der Waals surface area contributed by atoms with Crippen LogP contribution in [0.25, 0.3) is 0 Å². The Hall–Kier alpha value is -2.25. The van der Waals surface area contributed by atoms with Crippen LogP contribution in [0.15, 0.2) is 36.5 Å². The topological polar surface area (TPSA) is 180 Å². The smallest absolute Gasteiger partial charge is 0.330 e. The van der Waals surface area contributed by atoms with E-state index in [9.17, 15) is 39.9 Å². The van der Waals surface area contributed by atoms with E-state index in [1.165, 1.54) is 39.8 Å². The van der Waals surface area contributed by atoms with Gasteiger partial charge in [0.2, 0.25) is 0 Å². The zero-order chi connectivity index (χ0) is 43.0. The molecule has 326 valence electrons. The summed E-state index contributed by atoms with van der Waals surface area (Å²) >= 11 is 0. The first-order chi connectivity index (χ1) is 26.6. The van der Waals surface area contributed by atoms with Gasteiger partial charge in [0.15, 0.2) is 11.6 Å². The van der Waals surface area contributed by atoms with Gasteiger partial charge in [-0.3, -0.25) is 9.59 Å². The minimum Gasteiger partial charge on any atom is -0.458 e. The number of hydrogen-bond donors (Lipinski definition) is 5. The number of hydrogen-bond acceptors (Lipinski definition) is 11. The molecular weight excluding hydrogens is 728 g/mol. The van der Waals surface area contributed by atoms with Gasteiger partial charge < -0.3 is 39.7 Å². The maximum atomic E-state index is 13.6. The molecule has 2 bridgehead atoms. The van der Waals surface area contributed by atoms with E-state index < -0.39 is 89.0 Å². The second kappa shape index (κ2) is 21.3. The van der Waals surface area contributed by atoms with Crippen molar-refractivity contribution in [1.29, 1.82) is 0 Å². The lowest BCUT2D eigenvalue weighted by Crippen LogP contribution is -2.62. The van der Waals surface area contributed by atoms with Crippen LogP contribution in [-0.4, -0.2) is 97.2 Å². The fourth-order valence-corrected chi connectivity index (χ4v) is 9.11. The predicted octanol–water partition coefficient (Wildman–Crippen LogP) is 6.27. The van der Waals surface area contributed by atoms with E-state index in [-0.39, 0.29) is 35.9 Å². The molecule has 18 atom stereocenters. The number of aliphatic hydroxyl groups is 5. The molecule has 0 amide bonds. The van der Waals surface area contributed by atoms with E-state index in [0.29, 0.717) is 32.1 Å². The van der Waals surface area contributed by atoms with Gasteiger partial charge in [0, 0.05) is 48.0 Å². The molecule has 3 aliphatic heterocycles. The molecule has 3 heterocycles. The summed E-state index contributed by atoms with van der Waals surface area (Å²) in [5, 5.41) is 55.4. The van der Waals surface area contributed by atoms with Crippen molar-refractivity contribution in [2.75, 3.05) is 0 Å². The Labute approximate surface area is 342 Å². The number of ether oxygens (including phenoxy) is 3. The highest BCUT2D eigenvalue weighted by molar-refractivity contribution is 5.91. The summed E-state index contributed by atoms with van der Waals surface area (Å²) in [6.07, 6.45) is 10.3. The van der Waals surface area contributed by atoms with Crippen molar-refractivity contribution in [1.82, 2.24) is 0 Å². The van der Waals surface area contributed by atoms with Crippen molar-refractivity contribution in [3.8, 4) is 0 Å². The van der Waals surface area contributed by atoms with Crippen LogP contribution in [-0.2, 0) is 28.6 Å². The minimum atomic E-state index is -2.18. The molecule has 2 saturated heterocycles. The third-order valence-electron chi connectivity index (χ3n) is 13.8. The van der Waals surface area contributed by atoms with E-state index in [2.05, 4.69) is 19.9 Å². The quantitative estimate of drug-likeness (QED) is 0.202. The van der Waals surface area contributed by atoms with Crippen molar-refractivity contribution >= 4 is 17.5 Å². The molecule has 2 fully saturated rings. The number of Topliss-reactive ketones (excluding diaryl/α,β-unsaturated/α-hetero) is 2. The van der Waals surface area contributed by atoms with Crippen LogP contribution in [0.5, 0.6) is 0 Å². The van der Waals surface area contributed by atoms with E-state index in [4.69, 9.17) is 14.2 Å². The monoisotopic (exact) mass is 805 g/mol. The normalized spacial score (nSPS) is 46.2. The number of aliphatic hydroxyl groups excluding tert-OH is 4. The number of carbonyl (C=O) groups is 3. The Kier molecular flexibility index (Phi) is 18.4. The van der Waals surface area contributed by atoms with E-state index in [1.54, 1.807) is 13.8 Å². The molecule has 3 aliphatic rings. The van der Waals surface area contributed by atoms with Crippen molar-refractivity contribution in [2.45, 2.75) is 182 Å². The fourth-order valence-electron chi connectivity index (χ4n) is 9.11. The summed E-state index contributed by atoms with van der Waals surface area (Å²) in [5.41, 5.74) is -2.18. The summed E-state index contributed by atoms with van der Waals surface area (Å²) in [4.78, 5) is 40.6. The molecule has 5 N–H and O–H groups in total. The highest BCUT2D eigenvalue weighted by Gasteiger charge is 2.56. The number of fused-ring (bicyclic) bond motifs is 2. The van der Waals surface area contributed by atoms with Gasteiger partial charge in [-0.2, -0.15) is 0 Å². The van der Waals surface area contributed by atoms with Crippen molar-refractivity contribution < 1.29 is 54.1 Å². The van der Waals surface area contributed by atoms with E-state index in [0.717, 1.165) is 19.3 Å². The molecule has 0 unspecified atom stereocenters. The molecule has 0 aliphatic carbocycles. The molecule has 0 aromatic heterocycles. The lowest BCUT2D eigenvalue weighted by molar-refractivity contribution is -0.371. The van der Waals surface area contributed by atoms with Crippen LogP contribution in [0.4, 0.5) is 0 Å². The zero-order valence-electron chi connectivity index (χ0n) is 36.5. The molecule has 57 heavy (non-hydrogen) atoms. The molecule has 0 aromatic rings. The second-order valence-corrected chi connectivity index (χ2v) is 18.2. The summed E-state index contributed by atoms with van der Waals surface area (Å²) in [7, 11) is 0. The number of esters is 1. The first kappa shape index (κ1) is 49.1. The standard InChI is InChI=1S/C46H76O11/c1-12-34-18-16-14-15-17-28(5)43(52)45(11,54)44(53)32(9)41(51)31(8)40(50)30(7)39(49)27(4)19-22-38(48)55-42-29(6)36(21-20-34)56-46(33(42)10)24-23-26(3)37(57-46)25-35(47)13-2/h14-16,18-19,22,26-37,39,41-43,47,49,51-52,54H,12-13,17,20-21,23-25H2,1-11H3/b15-14-,18-16-,22-19-/t26-,27-,28+,29+,30-,31-,32-,33-,34+,35+,36-,37-,39+,41+,42+,43-,45+,46-/m1/s1. The molecule has 0 saturated carbocycles. The van der Waals surface area contributed by atoms with Crippen LogP contribution in [0.1, 0.15) is 128 Å².